The molecule has 0 aliphatic carbocycles. The van der Waals surface area contributed by atoms with Crippen molar-refractivity contribution < 1.29 is 19.1 Å². The summed E-state index contributed by atoms with van der Waals surface area (Å²) in [5.41, 5.74) is 0.584. The Morgan fingerprint density at radius 3 is 2.63 bits per heavy atom. The van der Waals surface area contributed by atoms with Gasteiger partial charge in [0, 0.05) is 20.0 Å². The first-order valence-electron chi connectivity index (χ1n) is 9.70. The first kappa shape index (κ1) is 20.9. The van der Waals surface area contributed by atoms with E-state index in [1.165, 1.54) is 12.5 Å². The van der Waals surface area contributed by atoms with Crippen molar-refractivity contribution in [1.29, 1.82) is 0 Å². The van der Waals surface area contributed by atoms with Crippen molar-refractivity contribution >= 4 is 17.8 Å². The predicted molar refractivity (Wildman–Crippen MR) is 103 cm³/mol. The monoisotopic (exact) mass is 374 g/mol. The van der Waals surface area contributed by atoms with Gasteiger partial charge in [-0.1, -0.05) is 30.3 Å². The smallest absolute Gasteiger partial charge is 0.313 e. The average Bonchev–Trinajstić information content (AvgIpc) is 2.67. The fourth-order valence-corrected chi connectivity index (χ4v) is 3.69. The lowest BCUT2D eigenvalue weighted by atomic mass is 9.75. The molecule has 1 unspecified atom stereocenters. The van der Waals surface area contributed by atoms with Crippen molar-refractivity contribution in [3.05, 3.63) is 35.9 Å². The zero-order valence-electron chi connectivity index (χ0n) is 16.3. The number of carbonyl (C=O) groups excluding carboxylic acids is 3. The number of likely N-dealkylation sites (tertiary alicyclic amines) is 1. The summed E-state index contributed by atoms with van der Waals surface area (Å²) in [6.45, 7) is 4.46. The number of piperidine rings is 1. The van der Waals surface area contributed by atoms with Gasteiger partial charge in [-0.25, -0.2) is 0 Å². The summed E-state index contributed by atoms with van der Waals surface area (Å²) in [5, 5.41) is 2.54. The maximum Gasteiger partial charge on any atom is 0.313 e. The largest absolute Gasteiger partial charge is 0.466 e. The molecular formula is C21H30N2O4. The van der Waals surface area contributed by atoms with E-state index in [9.17, 15) is 14.4 Å². The second-order valence-electron chi connectivity index (χ2n) is 7.17. The van der Waals surface area contributed by atoms with E-state index in [2.05, 4.69) is 17.4 Å². The van der Waals surface area contributed by atoms with Gasteiger partial charge in [0.15, 0.2) is 0 Å². The van der Waals surface area contributed by atoms with E-state index >= 15 is 0 Å². The first-order valence-corrected chi connectivity index (χ1v) is 9.70. The minimum absolute atomic E-state index is 0.0295. The normalized spacial score (nSPS) is 19.4. The number of benzene rings is 1. The average molecular weight is 374 g/mol. The highest BCUT2D eigenvalue weighted by Crippen LogP contribution is 2.36. The highest BCUT2D eigenvalue weighted by Gasteiger charge is 2.44. The molecular weight excluding hydrogens is 344 g/mol. The lowest BCUT2D eigenvalue weighted by Gasteiger charge is -2.41. The standard InChI is InChI=1S/C21H30N2O4/c1-3-27-20(26)21(12-7-11-18-9-5-4-6-10-18)13-8-14-23(16-21)19(25)15-22-17(2)24/h4-6,9-10H,3,7-8,11-16H2,1-2H3,(H,22,24). The Labute approximate surface area is 161 Å². The molecule has 2 rings (SSSR count). The van der Waals surface area contributed by atoms with Crippen molar-refractivity contribution in [3.8, 4) is 0 Å². The third-order valence-corrected chi connectivity index (χ3v) is 5.09. The van der Waals surface area contributed by atoms with Gasteiger partial charge < -0.3 is 15.0 Å². The number of esters is 1. The lowest BCUT2D eigenvalue weighted by molar-refractivity contribution is -0.161. The van der Waals surface area contributed by atoms with Gasteiger partial charge in [0.2, 0.25) is 11.8 Å². The highest BCUT2D eigenvalue weighted by atomic mass is 16.5. The maximum absolute atomic E-state index is 12.8. The van der Waals surface area contributed by atoms with E-state index in [-0.39, 0.29) is 24.3 Å². The van der Waals surface area contributed by atoms with Crippen molar-refractivity contribution in [1.82, 2.24) is 10.2 Å². The molecule has 1 atom stereocenters. The number of nitrogens with zero attached hydrogens (tertiary/aromatic N) is 1. The molecule has 0 saturated carbocycles. The Hall–Kier alpha value is -2.37. The summed E-state index contributed by atoms with van der Waals surface area (Å²) in [6, 6.07) is 10.2. The Bertz CT molecular complexity index is 647. The van der Waals surface area contributed by atoms with Crippen LogP contribution in [0.4, 0.5) is 0 Å². The summed E-state index contributed by atoms with van der Waals surface area (Å²) in [6.07, 6.45) is 3.92. The number of hydrogen-bond donors (Lipinski definition) is 1. The highest BCUT2D eigenvalue weighted by molar-refractivity contribution is 5.85. The number of carbonyl (C=O) groups is 3. The van der Waals surface area contributed by atoms with Gasteiger partial charge in [-0.05, 0) is 44.6 Å². The number of hydrogen-bond acceptors (Lipinski definition) is 4. The lowest BCUT2D eigenvalue weighted by Crippen LogP contribution is -2.52. The van der Waals surface area contributed by atoms with Crippen molar-refractivity contribution in [2.75, 3.05) is 26.2 Å². The van der Waals surface area contributed by atoms with E-state index in [0.29, 0.717) is 26.1 Å². The number of rotatable bonds is 8. The zero-order valence-corrected chi connectivity index (χ0v) is 16.3. The van der Waals surface area contributed by atoms with E-state index in [1.807, 2.05) is 18.2 Å². The van der Waals surface area contributed by atoms with Crippen LogP contribution < -0.4 is 5.32 Å². The first-order chi connectivity index (χ1) is 13.0. The Morgan fingerprint density at radius 2 is 1.96 bits per heavy atom. The molecule has 1 fully saturated rings. The van der Waals surface area contributed by atoms with Gasteiger partial charge in [0.05, 0.1) is 18.6 Å². The zero-order chi connectivity index (χ0) is 19.7. The fourth-order valence-electron chi connectivity index (χ4n) is 3.69. The van der Waals surface area contributed by atoms with Gasteiger partial charge in [0.25, 0.3) is 0 Å². The van der Waals surface area contributed by atoms with E-state index in [4.69, 9.17) is 4.74 Å². The van der Waals surface area contributed by atoms with Crippen LogP contribution in [-0.2, 0) is 25.5 Å². The topological polar surface area (TPSA) is 75.7 Å². The SMILES string of the molecule is CCOC(=O)C1(CCCc2ccccc2)CCCN(C(=O)CNC(C)=O)C1. The van der Waals surface area contributed by atoms with Gasteiger partial charge in [-0.3, -0.25) is 14.4 Å². The maximum atomic E-state index is 12.8. The van der Waals surface area contributed by atoms with E-state index in [1.54, 1.807) is 11.8 Å². The molecule has 0 radical (unpaired) electrons. The molecule has 27 heavy (non-hydrogen) atoms. The van der Waals surface area contributed by atoms with Gasteiger partial charge in [-0.15, -0.1) is 0 Å². The Kier molecular flexibility index (Phi) is 7.82. The molecule has 0 aromatic heterocycles. The van der Waals surface area contributed by atoms with Crippen LogP contribution in [0.3, 0.4) is 0 Å². The van der Waals surface area contributed by atoms with Crippen LogP contribution in [0.15, 0.2) is 30.3 Å². The summed E-state index contributed by atoms with van der Waals surface area (Å²) in [7, 11) is 0. The molecule has 148 valence electrons. The number of ether oxygens (including phenoxy) is 1. The molecule has 1 aromatic carbocycles. The molecule has 2 amide bonds. The van der Waals surface area contributed by atoms with Crippen molar-refractivity contribution in [2.45, 2.75) is 46.0 Å². The molecule has 1 aliphatic rings. The Morgan fingerprint density at radius 1 is 1.22 bits per heavy atom. The molecule has 0 spiro atoms. The van der Waals surface area contributed by atoms with Gasteiger partial charge >= 0.3 is 5.97 Å². The Balaban J connectivity index is 2.04. The molecule has 1 saturated heterocycles. The molecule has 1 aromatic rings. The third-order valence-electron chi connectivity index (χ3n) is 5.09. The fraction of sp³-hybridized carbons (Fsp3) is 0.571. The number of nitrogens with one attached hydrogen (secondary N) is 1. The summed E-state index contributed by atoms with van der Waals surface area (Å²) in [5.74, 6) is -0.600. The molecule has 1 aliphatic heterocycles. The van der Waals surface area contributed by atoms with Gasteiger partial charge in [-0.2, -0.15) is 0 Å². The predicted octanol–water partition coefficient (Wildman–Crippen LogP) is 2.32. The van der Waals surface area contributed by atoms with Crippen LogP contribution in [0, 0.1) is 5.41 Å². The summed E-state index contributed by atoms with van der Waals surface area (Å²) < 4.78 is 5.37. The third kappa shape index (κ3) is 6.08. The molecule has 6 nitrogen and oxygen atoms in total. The number of aryl methyl sites for hydroxylation is 1. The second kappa shape index (κ2) is 10.1. The minimum atomic E-state index is -0.658. The summed E-state index contributed by atoms with van der Waals surface area (Å²) in [4.78, 5) is 38.0. The van der Waals surface area contributed by atoms with Gasteiger partial charge in [0.1, 0.15) is 0 Å². The van der Waals surface area contributed by atoms with E-state index in [0.717, 1.165) is 25.7 Å². The second-order valence-corrected chi connectivity index (χ2v) is 7.17. The van der Waals surface area contributed by atoms with Crippen LogP contribution in [0.2, 0.25) is 0 Å². The van der Waals surface area contributed by atoms with Crippen LogP contribution in [0.5, 0.6) is 0 Å². The van der Waals surface area contributed by atoms with Crippen LogP contribution >= 0.6 is 0 Å². The van der Waals surface area contributed by atoms with Crippen LogP contribution in [0.25, 0.3) is 0 Å². The molecule has 6 heteroatoms. The molecule has 1 N–H and O–H groups in total. The van der Waals surface area contributed by atoms with Crippen molar-refractivity contribution in [3.63, 3.8) is 0 Å². The molecule has 1 heterocycles. The van der Waals surface area contributed by atoms with Crippen molar-refractivity contribution in [2.24, 2.45) is 5.41 Å². The minimum Gasteiger partial charge on any atom is -0.466 e. The number of amides is 2. The summed E-state index contributed by atoms with van der Waals surface area (Å²) >= 11 is 0. The van der Waals surface area contributed by atoms with Crippen LogP contribution in [-0.4, -0.2) is 48.9 Å². The van der Waals surface area contributed by atoms with Crippen LogP contribution in [0.1, 0.15) is 45.1 Å². The van der Waals surface area contributed by atoms with E-state index < -0.39 is 5.41 Å². The molecule has 0 bridgehead atoms. The quantitative estimate of drug-likeness (QED) is 0.709.